The number of likely N-dealkylation sites (tertiary alicyclic amines) is 1. The van der Waals surface area contributed by atoms with E-state index in [0.29, 0.717) is 19.7 Å². The molecule has 1 saturated heterocycles. The molecule has 1 fully saturated rings. The number of halogens is 1. The predicted molar refractivity (Wildman–Crippen MR) is 127 cm³/mol. The van der Waals surface area contributed by atoms with Crippen LogP contribution in [0.3, 0.4) is 0 Å². The highest BCUT2D eigenvalue weighted by atomic mass is 127. The monoisotopic (exact) mass is 522 g/mol. The Bertz CT molecular complexity index is 642. The maximum atomic E-state index is 12.1. The third kappa shape index (κ3) is 7.50. The van der Waals surface area contributed by atoms with Gasteiger partial charge in [0.25, 0.3) is 0 Å². The number of rotatable bonds is 6. The second kappa shape index (κ2) is 11.9. The second-order valence-electron chi connectivity index (χ2n) is 7.90. The molecule has 0 radical (unpaired) electrons. The van der Waals surface area contributed by atoms with E-state index < -0.39 is 0 Å². The number of thiazole rings is 1. The number of nitrogens with one attached hydrogen (secondary N) is 1. The molecule has 1 unspecified atom stereocenters. The molecule has 1 atom stereocenters. The fourth-order valence-electron chi connectivity index (χ4n) is 3.08. The number of hydrogen-bond acceptors (Lipinski definition) is 5. The van der Waals surface area contributed by atoms with E-state index in [2.05, 4.69) is 43.3 Å². The summed E-state index contributed by atoms with van der Waals surface area (Å²) in [6.07, 6.45) is 2.71. The first-order chi connectivity index (χ1) is 12.8. The van der Waals surface area contributed by atoms with Gasteiger partial charge in [-0.3, -0.25) is 9.79 Å². The van der Waals surface area contributed by atoms with E-state index in [1.54, 1.807) is 11.3 Å². The van der Waals surface area contributed by atoms with Crippen LogP contribution >= 0.6 is 35.3 Å². The SMILES string of the molecule is CCNC(=NCCc1nc(C(C)(C)C)cs1)N1CCCC(C(=O)OCC)C1.I. The first kappa shape index (κ1) is 25.1. The molecule has 1 aliphatic rings. The van der Waals surface area contributed by atoms with Crippen molar-refractivity contribution in [2.45, 2.75) is 59.3 Å². The van der Waals surface area contributed by atoms with Crippen LogP contribution in [0.1, 0.15) is 58.2 Å². The molecule has 28 heavy (non-hydrogen) atoms. The zero-order chi connectivity index (χ0) is 19.9. The minimum absolute atomic E-state index is 0. The summed E-state index contributed by atoms with van der Waals surface area (Å²) >= 11 is 1.71. The minimum atomic E-state index is -0.0875. The van der Waals surface area contributed by atoms with E-state index in [-0.39, 0.29) is 41.3 Å². The van der Waals surface area contributed by atoms with E-state index in [1.807, 2.05) is 6.92 Å². The van der Waals surface area contributed by atoms with Gasteiger partial charge in [-0.15, -0.1) is 35.3 Å². The molecule has 8 heteroatoms. The maximum absolute atomic E-state index is 12.1. The van der Waals surface area contributed by atoms with Crippen LogP contribution in [0.5, 0.6) is 0 Å². The Hall–Kier alpha value is -0.900. The molecular weight excluding hydrogens is 487 g/mol. The number of esters is 1. The van der Waals surface area contributed by atoms with Crippen molar-refractivity contribution in [3.63, 3.8) is 0 Å². The summed E-state index contributed by atoms with van der Waals surface area (Å²) in [5.74, 6) is 0.741. The summed E-state index contributed by atoms with van der Waals surface area (Å²) in [4.78, 5) is 23.8. The summed E-state index contributed by atoms with van der Waals surface area (Å²) in [7, 11) is 0. The molecule has 1 aromatic rings. The summed E-state index contributed by atoms with van der Waals surface area (Å²) in [6.45, 7) is 14.0. The van der Waals surface area contributed by atoms with Crippen molar-refractivity contribution in [1.82, 2.24) is 15.2 Å². The lowest BCUT2D eigenvalue weighted by Crippen LogP contribution is -2.48. The van der Waals surface area contributed by atoms with Crippen LogP contribution in [0.15, 0.2) is 10.4 Å². The van der Waals surface area contributed by atoms with Gasteiger partial charge < -0.3 is 15.0 Å². The van der Waals surface area contributed by atoms with Crippen molar-refractivity contribution in [2.75, 3.05) is 32.8 Å². The fraction of sp³-hybridized carbons (Fsp3) is 0.750. The zero-order valence-electron chi connectivity index (χ0n) is 17.8. The molecule has 0 saturated carbocycles. The molecule has 1 N–H and O–H groups in total. The lowest BCUT2D eigenvalue weighted by Gasteiger charge is -2.34. The maximum Gasteiger partial charge on any atom is 0.310 e. The van der Waals surface area contributed by atoms with Gasteiger partial charge in [0.15, 0.2) is 5.96 Å². The largest absolute Gasteiger partial charge is 0.466 e. The molecule has 1 aromatic heterocycles. The van der Waals surface area contributed by atoms with Crippen molar-refractivity contribution in [2.24, 2.45) is 10.9 Å². The van der Waals surface area contributed by atoms with Gasteiger partial charge in [-0.05, 0) is 26.7 Å². The van der Waals surface area contributed by atoms with Crippen molar-refractivity contribution in [3.8, 4) is 0 Å². The van der Waals surface area contributed by atoms with Crippen molar-refractivity contribution in [3.05, 3.63) is 16.1 Å². The number of carbonyl (C=O) groups excluding carboxylic acids is 1. The van der Waals surface area contributed by atoms with Crippen LogP contribution in [0.25, 0.3) is 0 Å². The highest BCUT2D eigenvalue weighted by molar-refractivity contribution is 14.0. The topological polar surface area (TPSA) is 66.8 Å². The standard InChI is InChI=1S/C20H34N4O2S.HI/c1-6-21-19(24-12-8-9-15(13-24)18(25)26-7-2)22-11-10-17-23-16(14-27-17)20(3,4)5;/h14-15H,6-13H2,1-5H3,(H,21,22);1H. The Morgan fingerprint density at radius 2 is 2.18 bits per heavy atom. The molecule has 0 aliphatic carbocycles. The Kier molecular flexibility index (Phi) is 10.7. The van der Waals surface area contributed by atoms with Crippen molar-refractivity contribution in [1.29, 1.82) is 0 Å². The first-order valence-corrected chi connectivity index (χ1v) is 10.9. The molecule has 1 aliphatic heterocycles. The highest BCUT2D eigenvalue weighted by Crippen LogP contribution is 2.24. The molecular formula is C20H35IN4O2S. The van der Waals surface area contributed by atoms with Gasteiger partial charge in [0.2, 0.25) is 0 Å². The predicted octanol–water partition coefficient (Wildman–Crippen LogP) is 3.84. The van der Waals surface area contributed by atoms with Gasteiger partial charge in [0.05, 0.1) is 23.2 Å². The summed E-state index contributed by atoms with van der Waals surface area (Å²) < 4.78 is 5.21. The molecule has 0 amide bonds. The normalized spacial score (nSPS) is 17.8. The van der Waals surface area contributed by atoms with E-state index in [0.717, 1.165) is 49.0 Å². The highest BCUT2D eigenvalue weighted by Gasteiger charge is 2.28. The fourth-order valence-corrected chi connectivity index (χ4v) is 4.09. The van der Waals surface area contributed by atoms with Crippen LogP contribution in [0.4, 0.5) is 0 Å². The number of nitrogens with zero attached hydrogens (tertiary/aromatic N) is 3. The Morgan fingerprint density at radius 3 is 2.79 bits per heavy atom. The Morgan fingerprint density at radius 1 is 1.43 bits per heavy atom. The van der Waals surface area contributed by atoms with Crippen LogP contribution in [-0.2, 0) is 21.4 Å². The van der Waals surface area contributed by atoms with E-state index in [9.17, 15) is 4.79 Å². The summed E-state index contributed by atoms with van der Waals surface area (Å²) in [5.41, 5.74) is 1.23. The lowest BCUT2D eigenvalue weighted by molar-refractivity contribution is -0.149. The quantitative estimate of drug-likeness (QED) is 0.266. The average Bonchev–Trinajstić information content (AvgIpc) is 3.11. The molecule has 6 nitrogen and oxygen atoms in total. The number of aromatic nitrogens is 1. The third-order valence-corrected chi connectivity index (χ3v) is 5.49. The van der Waals surface area contributed by atoms with E-state index >= 15 is 0 Å². The molecule has 2 rings (SSSR count). The smallest absolute Gasteiger partial charge is 0.310 e. The average molecular weight is 522 g/mol. The minimum Gasteiger partial charge on any atom is -0.466 e. The van der Waals surface area contributed by atoms with Crippen LogP contribution in [-0.4, -0.2) is 54.6 Å². The Balaban J connectivity index is 0.00000392. The lowest BCUT2D eigenvalue weighted by atomic mass is 9.93. The summed E-state index contributed by atoms with van der Waals surface area (Å²) in [6, 6.07) is 0. The molecule has 0 aromatic carbocycles. The number of hydrogen-bond donors (Lipinski definition) is 1. The number of guanidine groups is 1. The van der Waals surface area contributed by atoms with E-state index in [1.165, 1.54) is 0 Å². The third-order valence-electron chi connectivity index (χ3n) is 4.58. The van der Waals surface area contributed by atoms with E-state index in [4.69, 9.17) is 14.7 Å². The molecule has 0 spiro atoms. The van der Waals surface area contributed by atoms with Crippen molar-refractivity contribution >= 4 is 47.2 Å². The zero-order valence-corrected chi connectivity index (χ0v) is 20.9. The number of ether oxygens (including phenoxy) is 1. The van der Waals surface area contributed by atoms with Gasteiger partial charge in [-0.25, -0.2) is 4.98 Å². The number of carbonyl (C=O) groups is 1. The van der Waals surface area contributed by atoms with Crippen molar-refractivity contribution < 1.29 is 9.53 Å². The van der Waals surface area contributed by atoms with Crippen LogP contribution in [0, 0.1) is 5.92 Å². The first-order valence-electron chi connectivity index (χ1n) is 10.00. The van der Waals surface area contributed by atoms with Gasteiger partial charge in [0.1, 0.15) is 0 Å². The molecule has 0 bridgehead atoms. The second-order valence-corrected chi connectivity index (χ2v) is 8.84. The van der Waals surface area contributed by atoms with Gasteiger partial charge >= 0.3 is 5.97 Å². The Labute approximate surface area is 190 Å². The van der Waals surface area contributed by atoms with Gasteiger partial charge in [-0.2, -0.15) is 0 Å². The molecule has 160 valence electrons. The molecule has 2 heterocycles. The summed E-state index contributed by atoms with van der Waals surface area (Å²) in [5, 5.41) is 6.65. The number of aliphatic imine (C=N–C) groups is 1. The number of piperidine rings is 1. The van der Waals surface area contributed by atoms with Crippen LogP contribution < -0.4 is 5.32 Å². The van der Waals surface area contributed by atoms with Crippen LogP contribution in [0.2, 0.25) is 0 Å². The van der Waals surface area contributed by atoms with Gasteiger partial charge in [0, 0.05) is 43.4 Å². The van der Waals surface area contributed by atoms with Gasteiger partial charge in [-0.1, -0.05) is 20.8 Å².